The summed E-state index contributed by atoms with van der Waals surface area (Å²) in [5.74, 6) is 7.07. The second-order valence-electron chi connectivity index (χ2n) is 14.0. The van der Waals surface area contributed by atoms with Crippen molar-refractivity contribution in [3.63, 3.8) is 0 Å². The number of rotatable bonds is 4. The summed E-state index contributed by atoms with van der Waals surface area (Å²) in [5, 5.41) is -0.224. The molecule has 0 aromatic rings. The predicted molar refractivity (Wildman–Crippen MR) is 142 cm³/mol. The first-order valence-electron chi connectivity index (χ1n) is 15.1. The molecule has 4 bridgehead atoms. The predicted octanol–water partition coefficient (Wildman–Crippen LogP) is 6.60. The van der Waals surface area contributed by atoms with Crippen LogP contribution in [0.15, 0.2) is 0 Å². The van der Waals surface area contributed by atoms with Crippen LogP contribution in [0.1, 0.15) is 105 Å². The van der Waals surface area contributed by atoms with Crippen LogP contribution in [0.25, 0.3) is 0 Å². The van der Waals surface area contributed by atoms with Gasteiger partial charge in [0.2, 0.25) is 0 Å². The van der Waals surface area contributed by atoms with Gasteiger partial charge in [-0.15, -0.1) is 0 Å². The van der Waals surface area contributed by atoms with E-state index < -0.39 is 10.1 Å². The first-order valence-corrected chi connectivity index (χ1v) is 16.6. The van der Waals surface area contributed by atoms with Gasteiger partial charge in [-0.3, -0.25) is 8.98 Å². The van der Waals surface area contributed by atoms with Gasteiger partial charge >= 0.3 is 5.97 Å². The van der Waals surface area contributed by atoms with Crippen molar-refractivity contribution < 1.29 is 22.1 Å². The van der Waals surface area contributed by atoms with Crippen molar-refractivity contribution in [2.45, 2.75) is 116 Å². The summed E-state index contributed by atoms with van der Waals surface area (Å²) in [4.78, 5) is 12.4. The summed E-state index contributed by atoms with van der Waals surface area (Å²) in [6.07, 6.45) is 12.0. The van der Waals surface area contributed by atoms with E-state index in [-0.39, 0.29) is 22.7 Å². The maximum absolute atomic E-state index is 12.4. The molecule has 11 unspecified atom stereocenters. The Kier molecular flexibility index (Phi) is 7.62. The van der Waals surface area contributed by atoms with Crippen molar-refractivity contribution in [3.8, 4) is 0 Å². The molecule has 0 N–H and O–H groups in total. The molecule has 1 saturated heterocycles. The largest absolute Gasteiger partial charge is 0.459 e. The molecule has 5 saturated carbocycles. The van der Waals surface area contributed by atoms with E-state index in [1.165, 1.54) is 32.1 Å². The average Bonchev–Trinajstić information content (AvgIpc) is 3.63. The van der Waals surface area contributed by atoms with Gasteiger partial charge in [0.15, 0.2) is 0 Å². The van der Waals surface area contributed by atoms with E-state index in [1.807, 2.05) is 0 Å². The van der Waals surface area contributed by atoms with Crippen LogP contribution in [-0.4, -0.2) is 31.8 Å². The monoisotopic (exact) mass is 522 g/mol. The Bertz CT molecular complexity index is 904. The summed E-state index contributed by atoms with van der Waals surface area (Å²) < 4.78 is 34.7. The summed E-state index contributed by atoms with van der Waals surface area (Å²) >= 11 is 0. The van der Waals surface area contributed by atoms with Crippen LogP contribution in [-0.2, 0) is 23.8 Å². The van der Waals surface area contributed by atoms with Gasteiger partial charge in [0.1, 0.15) is 5.60 Å². The maximum Gasteiger partial charge on any atom is 0.309 e. The standard InChI is InChI=1S/C16H26O2.C14H24O3S/c1-10-11(2)13-8-12(10)9-14(13)15(17)18-16(3)6-4-5-7-16;1-9-10(2)14-8-11(9)6-12(14)7-13-4-3-5-17-18(13,15)16/h10-14H,4-9H2,1-3H3;9-14H,3-8H2,1-2H3. The summed E-state index contributed by atoms with van der Waals surface area (Å²) in [5.41, 5.74) is -0.145. The SMILES string of the molecule is CC1C2CC(C(=O)OC3(C)CCCC3)C(C2)C1C.CC1C2CC(CC3CCCOS3(=O)=O)C(C2)C1C. The van der Waals surface area contributed by atoms with Crippen LogP contribution in [0.3, 0.4) is 0 Å². The Hall–Kier alpha value is -0.620. The van der Waals surface area contributed by atoms with E-state index in [0.717, 1.165) is 74.0 Å². The quantitative estimate of drug-likeness (QED) is 0.307. The Morgan fingerprint density at radius 1 is 0.861 bits per heavy atom. The molecule has 6 heteroatoms. The van der Waals surface area contributed by atoms with Crippen molar-refractivity contribution in [2.24, 2.45) is 59.2 Å². The molecular weight excluding hydrogens is 472 g/mol. The Labute approximate surface area is 220 Å². The number of esters is 1. The van der Waals surface area contributed by atoms with Crippen molar-refractivity contribution >= 4 is 16.1 Å². The number of hydrogen-bond acceptors (Lipinski definition) is 5. The third kappa shape index (κ3) is 5.03. The maximum atomic E-state index is 12.4. The van der Waals surface area contributed by atoms with Crippen LogP contribution in [0.4, 0.5) is 0 Å². The fraction of sp³-hybridized carbons (Fsp3) is 0.967. The van der Waals surface area contributed by atoms with E-state index in [0.29, 0.717) is 24.4 Å². The summed E-state index contributed by atoms with van der Waals surface area (Å²) in [6, 6.07) is 0. The summed E-state index contributed by atoms with van der Waals surface area (Å²) in [6.45, 7) is 11.9. The highest BCUT2D eigenvalue weighted by atomic mass is 32.2. The van der Waals surface area contributed by atoms with Crippen molar-refractivity contribution in [1.29, 1.82) is 0 Å². The van der Waals surface area contributed by atoms with Crippen molar-refractivity contribution in [2.75, 3.05) is 6.61 Å². The molecule has 6 rings (SSSR count). The first-order chi connectivity index (χ1) is 17.0. The highest BCUT2D eigenvalue weighted by Crippen LogP contribution is 2.57. The molecule has 0 spiro atoms. The molecule has 0 aromatic heterocycles. The van der Waals surface area contributed by atoms with Gasteiger partial charge < -0.3 is 4.74 Å². The third-order valence-corrected chi connectivity index (χ3v) is 13.9. The molecule has 36 heavy (non-hydrogen) atoms. The fourth-order valence-corrected chi connectivity index (χ4v) is 10.9. The fourth-order valence-electron chi connectivity index (χ4n) is 9.42. The second kappa shape index (κ2) is 10.2. The highest BCUT2D eigenvalue weighted by Gasteiger charge is 2.53. The van der Waals surface area contributed by atoms with Crippen LogP contribution >= 0.6 is 0 Å². The molecule has 1 heterocycles. The molecule has 6 aliphatic rings. The minimum absolute atomic E-state index is 0.116. The van der Waals surface area contributed by atoms with Gasteiger partial charge in [-0.25, -0.2) is 0 Å². The number of carbonyl (C=O) groups is 1. The molecule has 0 amide bonds. The lowest BCUT2D eigenvalue weighted by Crippen LogP contribution is -2.36. The zero-order chi connectivity index (χ0) is 25.8. The van der Waals surface area contributed by atoms with E-state index in [1.54, 1.807) is 0 Å². The molecule has 0 radical (unpaired) electrons. The molecule has 206 valence electrons. The van der Waals surface area contributed by atoms with Gasteiger partial charge in [-0.05, 0) is 131 Å². The lowest BCUT2D eigenvalue weighted by atomic mass is 9.74. The van der Waals surface area contributed by atoms with Gasteiger partial charge in [0, 0.05) is 0 Å². The third-order valence-electron chi connectivity index (χ3n) is 12.1. The lowest BCUT2D eigenvalue weighted by molar-refractivity contribution is -0.165. The van der Waals surface area contributed by atoms with Crippen LogP contribution < -0.4 is 0 Å². The molecule has 5 nitrogen and oxygen atoms in total. The van der Waals surface area contributed by atoms with Crippen LogP contribution in [0, 0.1) is 59.2 Å². The number of hydrogen-bond donors (Lipinski definition) is 0. The number of ether oxygens (including phenoxy) is 1. The molecule has 0 aromatic carbocycles. The van der Waals surface area contributed by atoms with Gasteiger partial charge in [-0.1, -0.05) is 27.7 Å². The van der Waals surface area contributed by atoms with Crippen molar-refractivity contribution in [1.82, 2.24) is 0 Å². The van der Waals surface area contributed by atoms with Gasteiger partial charge in [0.05, 0.1) is 17.8 Å². The Morgan fingerprint density at radius 3 is 2.03 bits per heavy atom. The zero-order valence-electron chi connectivity index (χ0n) is 23.3. The van der Waals surface area contributed by atoms with E-state index in [2.05, 4.69) is 34.6 Å². The zero-order valence-corrected chi connectivity index (χ0v) is 24.1. The topological polar surface area (TPSA) is 69.7 Å². The average molecular weight is 523 g/mol. The van der Waals surface area contributed by atoms with E-state index in [9.17, 15) is 13.2 Å². The summed E-state index contributed by atoms with van der Waals surface area (Å²) in [7, 11) is -3.26. The molecular formula is C30H50O5S. The second-order valence-corrected chi connectivity index (χ2v) is 15.9. The molecule has 11 atom stereocenters. The van der Waals surface area contributed by atoms with Gasteiger partial charge in [0.25, 0.3) is 10.1 Å². The van der Waals surface area contributed by atoms with Crippen molar-refractivity contribution in [3.05, 3.63) is 0 Å². The molecule has 6 fully saturated rings. The lowest BCUT2D eigenvalue weighted by Gasteiger charge is -2.34. The minimum Gasteiger partial charge on any atom is -0.459 e. The Morgan fingerprint density at radius 2 is 1.47 bits per heavy atom. The number of fused-ring (bicyclic) bond motifs is 4. The smallest absolute Gasteiger partial charge is 0.309 e. The van der Waals surface area contributed by atoms with Crippen LogP contribution in [0.5, 0.6) is 0 Å². The normalized spacial score (nSPS) is 48.0. The Balaban J connectivity index is 0.000000148. The van der Waals surface area contributed by atoms with Gasteiger partial charge in [-0.2, -0.15) is 8.42 Å². The van der Waals surface area contributed by atoms with E-state index in [4.69, 9.17) is 8.92 Å². The van der Waals surface area contributed by atoms with Crippen LogP contribution in [0.2, 0.25) is 0 Å². The van der Waals surface area contributed by atoms with E-state index >= 15 is 0 Å². The first kappa shape index (κ1) is 27.0. The molecule has 5 aliphatic carbocycles. The highest BCUT2D eigenvalue weighted by molar-refractivity contribution is 7.87. The minimum atomic E-state index is -3.26. The number of carbonyl (C=O) groups excluding carboxylic acids is 1. The molecule has 1 aliphatic heterocycles.